The molecule has 3 aromatic rings. The molecular formula is C28H36ClF2N7O6S2. The molecule has 1 N–H and O–H groups in total. The van der Waals surface area contributed by atoms with Crippen LogP contribution in [0.15, 0.2) is 17.0 Å². The molecule has 1 aromatic carbocycles. The van der Waals surface area contributed by atoms with E-state index in [4.69, 9.17) is 21.1 Å². The van der Waals surface area contributed by atoms with E-state index in [1.807, 2.05) is 0 Å². The molecule has 3 heterocycles. The Morgan fingerprint density at radius 1 is 1.20 bits per heavy atom. The highest BCUT2D eigenvalue weighted by Crippen LogP contribution is 2.39. The first-order valence-corrected chi connectivity index (χ1v) is 17.3. The number of rotatable bonds is 9. The smallest absolute Gasteiger partial charge is 0.410 e. The summed E-state index contributed by atoms with van der Waals surface area (Å²) in [5.41, 5.74) is -1.20. The Bertz CT molecular complexity index is 1750. The van der Waals surface area contributed by atoms with Crippen LogP contribution >= 0.6 is 22.9 Å². The van der Waals surface area contributed by atoms with Crippen molar-refractivity contribution < 1.29 is 36.3 Å². The Morgan fingerprint density at radius 3 is 2.48 bits per heavy atom. The molecule has 1 aliphatic carbocycles. The maximum Gasteiger partial charge on any atom is 0.410 e. The lowest BCUT2D eigenvalue weighted by molar-refractivity contribution is -0.137. The number of piperazine rings is 1. The fourth-order valence-electron chi connectivity index (χ4n) is 4.92. The van der Waals surface area contributed by atoms with Gasteiger partial charge in [0.05, 0.1) is 26.9 Å². The molecule has 1 saturated carbocycles. The van der Waals surface area contributed by atoms with Crippen molar-refractivity contribution in [3.63, 3.8) is 0 Å². The van der Waals surface area contributed by atoms with E-state index in [0.29, 0.717) is 30.7 Å². The van der Waals surface area contributed by atoms with Crippen LogP contribution in [0, 0.1) is 5.92 Å². The maximum atomic E-state index is 13.4. The molecule has 5 rings (SSSR count). The Kier molecular flexibility index (Phi) is 9.27. The van der Waals surface area contributed by atoms with Crippen molar-refractivity contribution in [3.05, 3.63) is 22.2 Å². The van der Waals surface area contributed by atoms with E-state index in [2.05, 4.69) is 20.0 Å². The zero-order valence-electron chi connectivity index (χ0n) is 26.2. The maximum absolute atomic E-state index is 13.4. The van der Waals surface area contributed by atoms with Crippen molar-refractivity contribution in [1.82, 2.24) is 34.5 Å². The van der Waals surface area contributed by atoms with E-state index in [1.165, 1.54) is 17.0 Å². The molecule has 18 heteroatoms. The van der Waals surface area contributed by atoms with Crippen LogP contribution in [0.5, 0.6) is 5.88 Å². The Labute approximate surface area is 274 Å². The zero-order chi connectivity index (χ0) is 33.8. The number of hydrogen-bond acceptors (Lipinski definition) is 10. The average Bonchev–Trinajstić information content (AvgIpc) is 3.32. The van der Waals surface area contributed by atoms with Crippen molar-refractivity contribution in [2.45, 2.75) is 82.9 Å². The van der Waals surface area contributed by atoms with Crippen LogP contribution in [0.25, 0.3) is 16.0 Å². The lowest BCUT2D eigenvalue weighted by Gasteiger charge is -2.41. The first-order valence-electron chi connectivity index (χ1n) is 14.7. The average molecular weight is 704 g/mol. The van der Waals surface area contributed by atoms with Gasteiger partial charge in [0, 0.05) is 31.1 Å². The van der Waals surface area contributed by atoms with Gasteiger partial charge in [-0.15, -0.1) is 15.3 Å². The third kappa shape index (κ3) is 7.37. The Morgan fingerprint density at radius 2 is 1.89 bits per heavy atom. The predicted molar refractivity (Wildman–Crippen MR) is 166 cm³/mol. The number of aromatic nitrogens is 4. The molecule has 0 radical (unpaired) electrons. The summed E-state index contributed by atoms with van der Waals surface area (Å²) >= 11 is 7.25. The highest BCUT2D eigenvalue weighted by atomic mass is 35.5. The molecule has 1 unspecified atom stereocenters. The first kappa shape index (κ1) is 34.2. The summed E-state index contributed by atoms with van der Waals surface area (Å²) in [7, 11) is -4.01. The summed E-state index contributed by atoms with van der Waals surface area (Å²) < 4.78 is 68.9. The van der Waals surface area contributed by atoms with Crippen molar-refractivity contribution in [1.29, 1.82) is 0 Å². The third-order valence-electron chi connectivity index (χ3n) is 7.49. The van der Waals surface area contributed by atoms with Crippen LogP contribution in [-0.4, -0.2) is 93.6 Å². The van der Waals surface area contributed by atoms with E-state index >= 15 is 0 Å². The van der Waals surface area contributed by atoms with Gasteiger partial charge in [-0.05, 0) is 52.7 Å². The summed E-state index contributed by atoms with van der Waals surface area (Å²) in [6.45, 7) is 11.1. The van der Waals surface area contributed by atoms with Gasteiger partial charge in [-0.1, -0.05) is 36.8 Å². The number of hydrogen-bond donors (Lipinski definition) is 1. The fourth-order valence-corrected chi connectivity index (χ4v) is 7.45. The molecule has 1 aliphatic heterocycles. The van der Waals surface area contributed by atoms with Gasteiger partial charge in [0.25, 0.3) is 6.43 Å². The number of sulfonamides is 1. The van der Waals surface area contributed by atoms with Gasteiger partial charge in [0.15, 0.2) is 5.01 Å². The number of carbonyl (C=O) groups is 2. The van der Waals surface area contributed by atoms with E-state index < -0.39 is 44.7 Å². The minimum Gasteiger partial charge on any atom is -0.474 e. The van der Waals surface area contributed by atoms with E-state index in [0.717, 1.165) is 4.68 Å². The van der Waals surface area contributed by atoms with Gasteiger partial charge in [0.1, 0.15) is 12.2 Å². The van der Waals surface area contributed by atoms with Crippen LogP contribution in [0.3, 0.4) is 0 Å². The third-order valence-corrected chi connectivity index (χ3v) is 10.3. The molecule has 2 aliphatic rings. The predicted octanol–water partition coefficient (Wildman–Crippen LogP) is 4.78. The fraction of sp³-hybridized carbons (Fsp3) is 0.607. The zero-order valence-corrected chi connectivity index (χ0v) is 28.6. The minimum atomic E-state index is -4.01. The molecule has 2 fully saturated rings. The summed E-state index contributed by atoms with van der Waals surface area (Å²) in [6, 6.07) is 1.92. The van der Waals surface area contributed by atoms with Crippen molar-refractivity contribution in [2.75, 3.05) is 26.2 Å². The van der Waals surface area contributed by atoms with Gasteiger partial charge < -0.3 is 14.4 Å². The van der Waals surface area contributed by atoms with Crippen molar-refractivity contribution in [3.8, 4) is 11.0 Å². The Hall–Kier alpha value is -3.15. The number of alkyl halides is 2. The normalized spacial score (nSPS) is 18.5. The van der Waals surface area contributed by atoms with Crippen molar-refractivity contribution in [2.24, 2.45) is 5.92 Å². The van der Waals surface area contributed by atoms with Crippen LogP contribution in [0.2, 0.25) is 5.02 Å². The number of nitrogens with zero attached hydrogens (tertiary/aromatic N) is 6. The molecule has 252 valence electrons. The second-order valence-corrected chi connectivity index (χ2v) is 16.1. The lowest BCUT2D eigenvalue weighted by Crippen LogP contribution is -2.59. The molecular weight excluding hydrogens is 668 g/mol. The molecule has 1 atom stereocenters. The number of ether oxygens (including phenoxy) is 2. The second kappa shape index (κ2) is 12.5. The van der Waals surface area contributed by atoms with Gasteiger partial charge >= 0.3 is 6.09 Å². The van der Waals surface area contributed by atoms with Crippen LogP contribution in [0.4, 0.5) is 13.6 Å². The summed E-state index contributed by atoms with van der Waals surface area (Å²) in [4.78, 5) is 29.0. The lowest BCUT2D eigenvalue weighted by atomic mass is 10.1. The minimum absolute atomic E-state index is 0.0251. The number of nitrogens with one attached hydrogen (secondary N) is 1. The van der Waals surface area contributed by atoms with Crippen molar-refractivity contribution >= 4 is 55.9 Å². The summed E-state index contributed by atoms with van der Waals surface area (Å²) in [5.74, 6) is -0.406. The molecule has 0 spiro atoms. The van der Waals surface area contributed by atoms with Crippen LogP contribution in [0.1, 0.15) is 65.8 Å². The monoisotopic (exact) mass is 703 g/mol. The molecule has 2 amide bonds. The van der Waals surface area contributed by atoms with Gasteiger partial charge in [0.2, 0.25) is 26.9 Å². The van der Waals surface area contributed by atoms with Gasteiger partial charge in [-0.3, -0.25) is 9.69 Å². The van der Waals surface area contributed by atoms with Gasteiger partial charge in [-0.25, -0.2) is 31.4 Å². The number of halogens is 3. The number of fused-ring (bicyclic) bond motifs is 1. The Balaban J connectivity index is 1.53. The molecule has 0 bridgehead atoms. The SMILES string of the molecule is CC(C)C(=O)N1CCN(C(=O)OC(C)(C)C)C(COc2nn(-c3nnc(C(F)F)s3)c3cc(S(=O)(=O)NC4(C)CC4)cc(Cl)c23)C1. The number of benzene rings is 1. The topological polar surface area (TPSA) is 149 Å². The van der Waals surface area contributed by atoms with E-state index in [-0.39, 0.29) is 63.4 Å². The molecule has 46 heavy (non-hydrogen) atoms. The molecule has 13 nitrogen and oxygen atoms in total. The van der Waals surface area contributed by atoms with E-state index in [9.17, 15) is 26.8 Å². The van der Waals surface area contributed by atoms with Gasteiger partial charge in [-0.2, -0.15) is 0 Å². The molecule has 1 saturated heterocycles. The van der Waals surface area contributed by atoms with E-state index in [1.54, 1.807) is 46.4 Å². The highest BCUT2D eigenvalue weighted by Gasteiger charge is 2.42. The first-order chi connectivity index (χ1) is 21.4. The quantitative estimate of drug-likeness (QED) is 0.332. The summed E-state index contributed by atoms with van der Waals surface area (Å²) in [5, 5.41) is 11.4. The highest BCUT2D eigenvalue weighted by molar-refractivity contribution is 7.89. The number of carbonyl (C=O) groups excluding carboxylic acids is 2. The summed E-state index contributed by atoms with van der Waals surface area (Å²) in [6.07, 6.45) is -2.10. The largest absolute Gasteiger partial charge is 0.474 e. The van der Waals surface area contributed by atoms with Crippen LogP contribution in [-0.2, 0) is 19.6 Å². The second-order valence-electron chi connectivity index (χ2n) is 13.0. The molecule has 2 aromatic heterocycles. The van der Waals surface area contributed by atoms with Crippen LogP contribution < -0.4 is 9.46 Å². The number of amides is 2. The standard InChI is InChI=1S/C28H36ClF2N7O6S2/c1-15(2)24(39)36-9-10-37(26(40)44-27(3,4)5)16(13-36)14-43-22-20-18(29)11-17(46(41,42)35-28(6)7-8-28)12-19(20)38(34-22)25-33-32-23(45-25)21(30)31/h11-12,15-16,21,35H,7-10,13-14H2,1-6H3.